The van der Waals surface area contributed by atoms with Crippen LogP contribution in [-0.2, 0) is 6.54 Å². The molecule has 0 atom stereocenters. The first-order valence-corrected chi connectivity index (χ1v) is 6.68. The monoisotopic (exact) mass is 313 g/mol. The lowest BCUT2D eigenvalue weighted by Gasteiger charge is -2.08. The lowest BCUT2D eigenvalue weighted by Crippen LogP contribution is -2.23. The Kier molecular flexibility index (Phi) is 4.70. The van der Waals surface area contributed by atoms with Gasteiger partial charge in [0.1, 0.15) is 0 Å². The van der Waals surface area contributed by atoms with Gasteiger partial charge in [0.05, 0.1) is 15.6 Å². The van der Waals surface area contributed by atoms with Crippen LogP contribution in [0.5, 0.6) is 0 Å². The van der Waals surface area contributed by atoms with E-state index in [0.717, 1.165) is 5.56 Å². The van der Waals surface area contributed by atoms with Gasteiger partial charge in [0.2, 0.25) is 0 Å². The van der Waals surface area contributed by atoms with Gasteiger partial charge in [-0.15, -0.1) is 0 Å². The largest absolute Gasteiger partial charge is 0.348 e. The van der Waals surface area contributed by atoms with Crippen LogP contribution in [0.2, 0.25) is 15.1 Å². The highest BCUT2D eigenvalue weighted by Gasteiger charge is 2.12. The van der Waals surface area contributed by atoms with Crippen molar-refractivity contribution >= 4 is 40.7 Å². The molecule has 2 nitrogen and oxygen atoms in total. The highest BCUT2D eigenvalue weighted by Crippen LogP contribution is 2.25. The highest BCUT2D eigenvalue weighted by atomic mass is 35.5. The summed E-state index contributed by atoms with van der Waals surface area (Å²) in [5.41, 5.74) is 1.19. The Hall–Kier alpha value is -1.22. The summed E-state index contributed by atoms with van der Waals surface area (Å²) in [6.07, 6.45) is 0. The Morgan fingerprint density at radius 3 is 2.37 bits per heavy atom. The number of halogens is 3. The first kappa shape index (κ1) is 14.2. The molecule has 0 unspecified atom stereocenters. The fourth-order valence-electron chi connectivity index (χ4n) is 1.59. The lowest BCUT2D eigenvalue weighted by atomic mass is 10.2. The van der Waals surface area contributed by atoms with E-state index in [2.05, 4.69) is 5.32 Å². The van der Waals surface area contributed by atoms with Crippen LogP contribution in [0.1, 0.15) is 15.9 Å². The molecule has 0 aliphatic heterocycles. The van der Waals surface area contributed by atoms with E-state index in [1.807, 2.05) is 18.2 Å². The van der Waals surface area contributed by atoms with Crippen LogP contribution >= 0.6 is 34.8 Å². The average Bonchev–Trinajstić information content (AvgIpc) is 2.40. The Morgan fingerprint density at radius 2 is 1.63 bits per heavy atom. The van der Waals surface area contributed by atoms with Crippen molar-refractivity contribution < 1.29 is 4.79 Å². The molecule has 1 amide bonds. The van der Waals surface area contributed by atoms with Gasteiger partial charge in [-0.05, 0) is 23.8 Å². The maximum absolute atomic E-state index is 12.0. The molecule has 0 saturated heterocycles. The van der Waals surface area contributed by atoms with Crippen LogP contribution in [0.3, 0.4) is 0 Å². The van der Waals surface area contributed by atoms with E-state index in [1.54, 1.807) is 24.3 Å². The first-order valence-electron chi connectivity index (χ1n) is 5.55. The number of hydrogen-bond donors (Lipinski definition) is 1. The SMILES string of the molecule is O=C(NCc1ccccc1Cl)c1cccc(Cl)c1Cl. The van der Waals surface area contributed by atoms with E-state index >= 15 is 0 Å². The van der Waals surface area contributed by atoms with Crippen LogP contribution in [0.15, 0.2) is 42.5 Å². The van der Waals surface area contributed by atoms with Crippen molar-refractivity contribution in [3.8, 4) is 0 Å². The Balaban J connectivity index is 2.10. The maximum Gasteiger partial charge on any atom is 0.253 e. The van der Waals surface area contributed by atoms with Crippen molar-refractivity contribution in [2.45, 2.75) is 6.54 Å². The molecule has 0 spiro atoms. The Bertz CT molecular complexity index is 613. The zero-order valence-electron chi connectivity index (χ0n) is 9.79. The maximum atomic E-state index is 12.0. The topological polar surface area (TPSA) is 29.1 Å². The number of nitrogens with one attached hydrogen (secondary N) is 1. The van der Waals surface area contributed by atoms with Crippen LogP contribution < -0.4 is 5.32 Å². The normalized spacial score (nSPS) is 10.3. The molecule has 0 bridgehead atoms. The predicted octanol–water partition coefficient (Wildman–Crippen LogP) is 4.58. The third-order valence-electron chi connectivity index (χ3n) is 2.59. The second-order valence-corrected chi connectivity index (χ2v) is 5.07. The molecule has 2 aromatic rings. The molecule has 2 rings (SSSR count). The molecule has 2 aromatic carbocycles. The molecule has 0 aliphatic rings. The quantitative estimate of drug-likeness (QED) is 0.883. The highest BCUT2D eigenvalue weighted by molar-refractivity contribution is 6.43. The van der Waals surface area contributed by atoms with E-state index in [0.29, 0.717) is 22.2 Å². The molecule has 0 saturated carbocycles. The smallest absolute Gasteiger partial charge is 0.253 e. The van der Waals surface area contributed by atoms with E-state index in [-0.39, 0.29) is 10.9 Å². The summed E-state index contributed by atoms with van der Waals surface area (Å²) in [5, 5.41) is 3.97. The third kappa shape index (κ3) is 3.41. The van der Waals surface area contributed by atoms with Crippen molar-refractivity contribution in [2.24, 2.45) is 0 Å². The van der Waals surface area contributed by atoms with E-state index in [1.165, 1.54) is 0 Å². The van der Waals surface area contributed by atoms with Gasteiger partial charge in [0.15, 0.2) is 0 Å². The van der Waals surface area contributed by atoms with Crippen LogP contribution in [0.4, 0.5) is 0 Å². The second-order valence-electron chi connectivity index (χ2n) is 3.88. The number of amides is 1. The van der Waals surface area contributed by atoms with Gasteiger partial charge < -0.3 is 5.32 Å². The fourth-order valence-corrected chi connectivity index (χ4v) is 2.18. The molecule has 0 heterocycles. The fraction of sp³-hybridized carbons (Fsp3) is 0.0714. The van der Waals surface area contributed by atoms with Gasteiger partial charge >= 0.3 is 0 Å². The summed E-state index contributed by atoms with van der Waals surface area (Å²) in [7, 11) is 0. The minimum Gasteiger partial charge on any atom is -0.348 e. The summed E-state index contributed by atoms with van der Waals surface area (Å²) in [6.45, 7) is 0.335. The summed E-state index contributed by atoms with van der Waals surface area (Å²) >= 11 is 17.9. The zero-order chi connectivity index (χ0) is 13.8. The molecule has 0 radical (unpaired) electrons. The third-order valence-corrected chi connectivity index (χ3v) is 3.78. The molecular formula is C14H10Cl3NO. The molecule has 0 fully saturated rings. The summed E-state index contributed by atoms with van der Waals surface area (Å²) < 4.78 is 0. The van der Waals surface area contributed by atoms with E-state index in [4.69, 9.17) is 34.8 Å². The van der Waals surface area contributed by atoms with E-state index < -0.39 is 0 Å². The molecule has 1 N–H and O–H groups in total. The number of rotatable bonds is 3. The molecule has 5 heteroatoms. The summed E-state index contributed by atoms with van der Waals surface area (Å²) in [5.74, 6) is -0.285. The minimum absolute atomic E-state index is 0.251. The van der Waals surface area contributed by atoms with Crippen molar-refractivity contribution in [2.75, 3.05) is 0 Å². The van der Waals surface area contributed by atoms with Gasteiger partial charge in [-0.25, -0.2) is 0 Å². The molecule has 19 heavy (non-hydrogen) atoms. The second kappa shape index (κ2) is 6.29. The van der Waals surface area contributed by atoms with Crippen molar-refractivity contribution in [1.29, 1.82) is 0 Å². The molecular weight excluding hydrogens is 305 g/mol. The Labute approximate surface area is 126 Å². The minimum atomic E-state index is -0.285. The predicted molar refractivity (Wildman–Crippen MR) is 79.1 cm³/mol. The van der Waals surface area contributed by atoms with Crippen molar-refractivity contribution in [3.63, 3.8) is 0 Å². The molecule has 0 aromatic heterocycles. The summed E-state index contributed by atoms with van der Waals surface area (Å²) in [6, 6.07) is 12.3. The van der Waals surface area contributed by atoms with E-state index in [9.17, 15) is 4.79 Å². The molecule has 0 aliphatic carbocycles. The lowest BCUT2D eigenvalue weighted by molar-refractivity contribution is 0.0951. The summed E-state index contributed by atoms with van der Waals surface area (Å²) in [4.78, 5) is 12.0. The average molecular weight is 315 g/mol. The Morgan fingerprint density at radius 1 is 0.947 bits per heavy atom. The van der Waals surface area contributed by atoms with Crippen molar-refractivity contribution in [1.82, 2.24) is 5.32 Å². The van der Waals surface area contributed by atoms with Gasteiger partial charge in [0.25, 0.3) is 5.91 Å². The van der Waals surface area contributed by atoms with Crippen LogP contribution in [0, 0.1) is 0 Å². The van der Waals surface area contributed by atoms with Gasteiger partial charge in [0, 0.05) is 11.6 Å². The van der Waals surface area contributed by atoms with Crippen LogP contribution in [-0.4, -0.2) is 5.91 Å². The van der Waals surface area contributed by atoms with Gasteiger partial charge in [-0.3, -0.25) is 4.79 Å². The number of benzene rings is 2. The number of hydrogen-bond acceptors (Lipinski definition) is 1. The standard InChI is InChI=1S/C14H10Cl3NO/c15-11-6-2-1-4-9(11)8-18-14(19)10-5-3-7-12(16)13(10)17/h1-7H,8H2,(H,18,19). The first-order chi connectivity index (χ1) is 9.09. The molecule has 98 valence electrons. The number of carbonyl (C=O) groups is 1. The van der Waals surface area contributed by atoms with Gasteiger partial charge in [-0.1, -0.05) is 59.1 Å². The number of carbonyl (C=O) groups excluding carboxylic acids is 1. The van der Waals surface area contributed by atoms with Crippen LogP contribution in [0.25, 0.3) is 0 Å². The van der Waals surface area contributed by atoms with Crippen molar-refractivity contribution in [3.05, 3.63) is 68.7 Å². The zero-order valence-corrected chi connectivity index (χ0v) is 12.1. The van der Waals surface area contributed by atoms with Gasteiger partial charge in [-0.2, -0.15) is 0 Å².